The van der Waals surface area contributed by atoms with E-state index in [1.165, 1.54) is 5.57 Å². The SMILES string of the molecule is CC(C)=CCC[C@H](C)CC(=O)N1CCOCC1. The third kappa shape index (κ3) is 5.87. The molecular weight excluding hydrogens is 214 g/mol. The fourth-order valence-corrected chi connectivity index (χ4v) is 2.00. The quantitative estimate of drug-likeness (QED) is 0.690. The molecule has 0 bridgehead atoms. The third-order valence-corrected chi connectivity index (χ3v) is 3.10. The van der Waals surface area contributed by atoms with Crippen LogP contribution >= 0.6 is 0 Å². The van der Waals surface area contributed by atoms with Crippen molar-refractivity contribution >= 4 is 5.91 Å². The summed E-state index contributed by atoms with van der Waals surface area (Å²) in [6, 6.07) is 0. The topological polar surface area (TPSA) is 29.5 Å². The maximum atomic E-state index is 12.0. The van der Waals surface area contributed by atoms with Crippen LogP contribution in [-0.2, 0) is 9.53 Å². The fourth-order valence-electron chi connectivity index (χ4n) is 2.00. The number of hydrogen-bond donors (Lipinski definition) is 0. The number of rotatable bonds is 5. The molecule has 0 radical (unpaired) electrons. The Morgan fingerprint density at radius 3 is 2.59 bits per heavy atom. The van der Waals surface area contributed by atoms with Gasteiger partial charge in [0.1, 0.15) is 0 Å². The average molecular weight is 239 g/mol. The van der Waals surface area contributed by atoms with Gasteiger partial charge in [-0.25, -0.2) is 0 Å². The van der Waals surface area contributed by atoms with Crippen molar-refractivity contribution in [2.24, 2.45) is 5.92 Å². The van der Waals surface area contributed by atoms with Crippen molar-refractivity contribution in [2.75, 3.05) is 26.3 Å². The van der Waals surface area contributed by atoms with Crippen LogP contribution in [0.1, 0.15) is 40.0 Å². The lowest BCUT2D eigenvalue weighted by Gasteiger charge is -2.27. The zero-order chi connectivity index (χ0) is 12.7. The van der Waals surface area contributed by atoms with Gasteiger partial charge in [-0.2, -0.15) is 0 Å². The van der Waals surface area contributed by atoms with Gasteiger partial charge in [-0.3, -0.25) is 4.79 Å². The molecule has 1 rings (SSSR count). The van der Waals surface area contributed by atoms with Crippen LogP contribution in [0.2, 0.25) is 0 Å². The second-order valence-electron chi connectivity index (χ2n) is 5.16. The summed E-state index contributed by atoms with van der Waals surface area (Å²) in [4.78, 5) is 13.9. The van der Waals surface area contributed by atoms with Crippen LogP contribution in [0.5, 0.6) is 0 Å². The Labute approximate surface area is 105 Å². The van der Waals surface area contributed by atoms with Gasteiger partial charge in [-0.1, -0.05) is 18.6 Å². The van der Waals surface area contributed by atoms with E-state index in [1.54, 1.807) is 0 Å². The predicted octanol–water partition coefficient (Wildman–Crippen LogP) is 2.62. The van der Waals surface area contributed by atoms with Crippen LogP contribution in [0, 0.1) is 5.92 Å². The summed E-state index contributed by atoms with van der Waals surface area (Å²) in [5.41, 5.74) is 1.36. The van der Waals surface area contributed by atoms with E-state index >= 15 is 0 Å². The Hall–Kier alpha value is -0.830. The molecule has 1 fully saturated rings. The lowest BCUT2D eigenvalue weighted by molar-refractivity contribution is -0.136. The van der Waals surface area contributed by atoms with Gasteiger partial charge in [0.2, 0.25) is 5.91 Å². The van der Waals surface area contributed by atoms with Crippen LogP contribution in [0.15, 0.2) is 11.6 Å². The Bertz CT molecular complexity index is 263. The number of carbonyl (C=O) groups excluding carboxylic acids is 1. The minimum absolute atomic E-state index is 0.290. The highest BCUT2D eigenvalue weighted by atomic mass is 16.5. The minimum Gasteiger partial charge on any atom is -0.378 e. The highest BCUT2D eigenvalue weighted by molar-refractivity contribution is 5.76. The molecule has 0 aromatic heterocycles. The van der Waals surface area contributed by atoms with Crippen LogP contribution in [0.25, 0.3) is 0 Å². The lowest BCUT2D eigenvalue weighted by Crippen LogP contribution is -2.41. The number of carbonyl (C=O) groups is 1. The van der Waals surface area contributed by atoms with Crippen molar-refractivity contribution in [3.63, 3.8) is 0 Å². The molecular formula is C14H25NO2. The minimum atomic E-state index is 0.290. The molecule has 1 heterocycles. The molecule has 0 aromatic carbocycles. The number of ether oxygens (including phenoxy) is 1. The summed E-state index contributed by atoms with van der Waals surface area (Å²) < 4.78 is 5.24. The van der Waals surface area contributed by atoms with E-state index < -0.39 is 0 Å². The van der Waals surface area contributed by atoms with Crippen molar-refractivity contribution in [3.8, 4) is 0 Å². The first-order valence-corrected chi connectivity index (χ1v) is 6.58. The zero-order valence-corrected chi connectivity index (χ0v) is 11.4. The molecule has 0 N–H and O–H groups in total. The van der Waals surface area contributed by atoms with E-state index in [1.807, 2.05) is 4.90 Å². The van der Waals surface area contributed by atoms with Gasteiger partial charge in [0, 0.05) is 19.5 Å². The fraction of sp³-hybridized carbons (Fsp3) is 0.786. The first-order valence-electron chi connectivity index (χ1n) is 6.58. The van der Waals surface area contributed by atoms with Crippen molar-refractivity contribution in [2.45, 2.75) is 40.0 Å². The predicted molar refractivity (Wildman–Crippen MR) is 69.8 cm³/mol. The van der Waals surface area contributed by atoms with E-state index in [2.05, 4.69) is 26.8 Å². The zero-order valence-electron chi connectivity index (χ0n) is 11.4. The van der Waals surface area contributed by atoms with Crippen molar-refractivity contribution in [1.82, 2.24) is 4.90 Å². The molecule has 0 spiro atoms. The Morgan fingerprint density at radius 2 is 2.00 bits per heavy atom. The molecule has 0 unspecified atom stereocenters. The molecule has 3 nitrogen and oxygen atoms in total. The van der Waals surface area contributed by atoms with Gasteiger partial charge in [-0.05, 0) is 32.6 Å². The summed E-state index contributed by atoms with van der Waals surface area (Å²) in [6.45, 7) is 9.30. The van der Waals surface area contributed by atoms with Gasteiger partial charge in [-0.15, -0.1) is 0 Å². The Balaban J connectivity index is 2.22. The van der Waals surface area contributed by atoms with Crippen molar-refractivity contribution in [1.29, 1.82) is 0 Å². The summed E-state index contributed by atoms with van der Waals surface area (Å²) >= 11 is 0. The molecule has 3 heteroatoms. The number of morpholine rings is 1. The molecule has 1 saturated heterocycles. The second kappa shape index (κ2) is 7.49. The van der Waals surface area contributed by atoms with E-state index in [9.17, 15) is 4.79 Å². The molecule has 98 valence electrons. The smallest absolute Gasteiger partial charge is 0.222 e. The monoisotopic (exact) mass is 239 g/mol. The van der Waals surface area contributed by atoms with E-state index in [-0.39, 0.29) is 5.91 Å². The largest absolute Gasteiger partial charge is 0.378 e. The molecule has 1 atom stereocenters. The summed E-state index contributed by atoms with van der Waals surface area (Å²) in [6.07, 6.45) is 5.10. The van der Waals surface area contributed by atoms with Gasteiger partial charge in [0.25, 0.3) is 0 Å². The maximum absolute atomic E-state index is 12.0. The van der Waals surface area contributed by atoms with Crippen LogP contribution in [-0.4, -0.2) is 37.1 Å². The first kappa shape index (κ1) is 14.2. The number of nitrogens with zero attached hydrogens (tertiary/aromatic N) is 1. The number of hydrogen-bond acceptors (Lipinski definition) is 2. The van der Waals surface area contributed by atoms with Gasteiger partial charge in [0.05, 0.1) is 13.2 Å². The van der Waals surface area contributed by atoms with Crippen molar-refractivity contribution < 1.29 is 9.53 Å². The molecule has 1 aliphatic heterocycles. The van der Waals surface area contributed by atoms with Gasteiger partial charge in [0.15, 0.2) is 0 Å². The average Bonchev–Trinajstić information content (AvgIpc) is 2.29. The molecule has 17 heavy (non-hydrogen) atoms. The first-order chi connectivity index (χ1) is 8.09. The standard InChI is InChI=1S/C14H25NO2/c1-12(2)5-4-6-13(3)11-14(16)15-7-9-17-10-8-15/h5,13H,4,6-11H2,1-3H3/t13-/m0/s1. The van der Waals surface area contributed by atoms with Crippen LogP contribution < -0.4 is 0 Å². The number of amides is 1. The molecule has 0 aromatic rings. The van der Waals surface area contributed by atoms with E-state index in [0.29, 0.717) is 25.6 Å². The molecule has 1 aliphatic rings. The second-order valence-corrected chi connectivity index (χ2v) is 5.16. The summed E-state index contributed by atoms with van der Waals surface area (Å²) in [7, 11) is 0. The van der Waals surface area contributed by atoms with Crippen LogP contribution in [0.3, 0.4) is 0 Å². The molecule has 1 amide bonds. The van der Waals surface area contributed by atoms with E-state index in [0.717, 1.165) is 25.9 Å². The molecule has 0 saturated carbocycles. The maximum Gasteiger partial charge on any atom is 0.222 e. The normalized spacial score (nSPS) is 17.7. The van der Waals surface area contributed by atoms with Gasteiger partial charge < -0.3 is 9.64 Å². The van der Waals surface area contributed by atoms with E-state index in [4.69, 9.17) is 4.74 Å². The van der Waals surface area contributed by atoms with Crippen molar-refractivity contribution in [3.05, 3.63) is 11.6 Å². The third-order valence-electron chi connectivity index (χ3n) is 3.10. The highest BCUT2D eigenvalue weighted by Crippen LogP contribution is 2.14. The lowest BCUT2D eigenvalue weighted by atomic mass is 10.00. The Kier molecular flexibility index (Phi) is 6.27. The molecule has 0 aliphatic carbocycles. The summed E-state index contributed by atoms with van der Waals surface area (Å²) in [5, 5.41) is 0. The van der Waals surface area contributed by atoms with Gasteiger partial charge >= 0.3 is 0 Å². The highest BCUT2D eigenvalue weighted by Gasteiger charge is 2.18. The number of allylic oxidation sites excluding steroid dienone is 2. The summed E-state index contributed by atoms with van der Waals surface area (Å²) in [5.74, 6) is 0.763. The Morgan fingerprint density at radius 1 is 1.35 bits per heavy atom. The van der Waals surface area contributed by atoms with Crippen LogP contribution in [0.4, 0.5) is 0 Å².